The Labute approximate surface area is 142 Å². The molecule has 0 aliphatic rings. The minimum Gasteiger partial charge on any atom is -0.497 e. The van der Waals surface area contributed by atoms with Gasteiger partial charge in [0.2, 0.25) is 0 Å². The third-order valence-corrected chi connectivity index (χ3v) is 3.90. The molecule has 0 spiro atoms. The molecule has 0 saturated heterocycles. The quantitative estimate of drug-likeness (QED) is 0.880. The Bertz CT molecular complexity index is 709. The van der Waals surface area contributed by atoms with Crippen LogP contribution in [0, 0.1) is 6.92 Å². The standard InChI is InChI=1S/C18H24N2O4/c1-11(2)17-16(12(3)19-24-17)18(22)20(4)10-15(21)13-7-6-8-14(9-13)23-5/h6-9,11,15,21H,10H2,1-5H3. The first-order chi connectivity index (χ1) is 11.3. The molecular weight excluding hydrogens is 308 g/mol. The summed E-state index contributed by atoms with van der Waals surface area (Å²) in [5.41, 5.74) is 1.73. The Hall–Kier alpha value is -2.34. The van der Waals surface area contributed by atoms with Crippen LogP contribution in [0.15, 0.2) is 28.8 Å². The zero-order chi connectivity index (χ0) is 17.9. The van der Waals surface area contributed by atoms with Crippen LogP contribution in [0.3, 0.4) is 0 Å². The monoisotopic (exact) mass is 332 g/mol. The molecule has 6 heteroatoms. The van der Waals surface area contributed by atoms with Crippen molar-refractivity contribution in [1.82, 2.24) is 10.1 Å². The van der Waals surface area contributed by atoms with Crippen LogP contribution in [0.2, 0.25) is 0 Å². The summed E-state index contributed by atoms with van der Waals surface area (Å²) in [7, 11) is 3.23. The van der Waals surface area contributed by atoms with E-state index in [0.717, 1.165) is 0 Å². The number of carbonyl (C=O) groups is 1. The number of aromatic nitrogens is 1. The number of amides is 1. The van der Waals surface area contributed by atoms with Gasteiger partial charge in [0.05, 0.1) is 25.5 Å². The summed E-state index contributed by atoms with van der Waals surface area (Å²) in [6.07, 6.45) is -0.809. The van der Waals surface area contributed by atoms with Crippen LogP contribution in [-0.2, 0) is 0 Å². The van der Waals surface area contributed by atoms with Crippen LogP contribution < -0.4 is 4.74 Å². The topological polar surface area (TPSA) is 75.8 Å². The summed E-state index contributed by atoms with van der Waals surface area (Å²) >= 11 is 0. The number of benzene rings is 1. The molecule has 1 aromatic heterocycles. The number of aryl methyl sites for hydroxylation is 1. The lowest BCUT2D eigenvalue weighted by atomic mass is 10.0. The van der Waals surface area contributed by atoms with Gasteiger partial charge in [-0.3, -0.25) is 4.79 Å². The Kier molecular flexibility index (Phi) is 5.62. The maximum Gasteiger partial charge on any atom is 0.259 e. The van der Waals surface area contributed by atoms with Crippen molar-refractivity contribution in [2.45, 2.75) is 32.8 Å². The molecule has 1 aromatic carbocycles. The van der Waals surface area contributed by atoms with Gasteiger partial charge in [-0.1, -0.05) is 31.1 Å². The fraction of sp³-hybridized carbons (Fsp3) is 0.444. The molecule has 2 rings (SSSR count). The van der Waals surface area contributed by atoms with Gasteiger partial charge in [0.25, 0.3) is 5.91 Å². The van der Waals surface area contributed by atoms with Gasteiger partial charge in [0, 0.05) is 13.0 Å². The maximum atomic E-state index is 12.7. The van der Waals surface area contributed by atoms with E-state index in [4.69, 9.17) is 9.26 Å². The number of ether oxygens (including phenoxy) is 1. The summed E-state index contributed by atoms with van der Waals surface area (Å²) in [5.74, 6) is 1.08. The van der Waals surface area contributed by atoms with Crippen molar-refractivity contribution in [2.75, 3.05) is 20.7 Å². The smallest absolute Gasteiger partial charge is 0.259 e. The molecule has 1 amide bonds. The Morgan fingerprint density at radius 2 is 2.12 bits per heavy atom. The van der Waals surface area contributed by atoms with E-state index >= 15 is 0 Å². The molecule has 130 valence electrons. The maximum absolute atomic E-state index is 12.7. The molecular formula is C18H24N2O4. The molecule has 1 unspecified atom stereocenters. The normalized spacial score (nSPS) is 12.3. The van der Waals surface area contributed by atoms with Crippen molar-refractivity contribution >= 4 is 5.91 Å². The summed E-state index contributed by atoms with van der Waals surface area (Å²) in [6, 6.07) is 7.17. The number of hydrogen-bond donors (Lipinski definition) is 1. The first-order valence-corrected chi connectivity index (χ1v) is 7.88. The van der Waals surface area contributed by atoms with Crippen LogP contribution in [0.1, 0.15) is 53.2 Å². The van der Waals surface area contributed by atoms with Gasteiger partial charge in [0.1, 0.15) is 11.3 Å². The summed E-state index contributed by atoms with van der Waals surface area (Å²) < 4.78 is 10.4. The highest BCUT2D eigenvalue weighted by Crippen LogP contribution is 2.25. The lowest BCUT2D eigenvalue weighted by Gasteiger charge is -2.21. The number of aliphatic hydroxyl groups excluding tert-OH is 1. The number of carbonyl (C=O) groups excluding carboxylic acids is 1. The molecule has 1 heterocycles. The fourth-order valence-electron chi connectivity index (χ4n) is 2.53. The largest absolute Gasteiger partial charge is 0.497 e. The molecule has 0 radical (unpaired) electrons. The van der Waals surface area contributed by atoms with Gasteiger partial charge >= 0.3 is 0 Å². The van der Waals surface area contributed by atoms with Gasteiger partial charge in [0.15, 0.2) is 5.76 Å². The van der Waals surface area contributed by atoms with Gasteiger partial charge in [-0.25, -0.2) is 0 Å². The van der Waals surface area contributed by atoms with Crippen molar-refractivity contribution in [1.29, 1.82) is 0 Å². The van der Waals surface area contributed by atoms with Crippen molar-refractivity contribution < 1.29 is 19.2 Å². The van der Waals surface area contributed by atoms with Gasteiger partial charge in [-0.2, -0.15) is 0 Å². The summed E-state index contributed by atoms with van der Waals surface area (Å²) in [6.45, 7) is 5.80. The number of rotatable bonds is 6. The third kappa shape index (κ3) is 3.76. The number of nitrogens with zero attached hydrogens (tertiary/aromatic N) is 2. The van der Waals surface area contributed by atoms with Crippen molar-refractivity contribution in [3.63, 3.8) is 0 Å². The molecule has 0 saturated carbocycles. The van der Waals surface area contributed by atoms with Gasteiger partial charge < -0.3 is 19.3 Å². The van der Waals surface area contributed by atoms with Crippen molar-refractivity contribution in [3.05, 3.63) is 46.8 Å². The second kappa shape index (κ2) is 7.49. The molecule has 6 nitrogen and oxygen atoms in total. The lowest BCUT2D eigenvalue weighted by molar-refractivity contribution is 0.0677. The van der Waals surface area contributed by atoms with E-state index in [1.54, 1.807) is 45.3 Å². The molecule has 2 aromatic rings. The van der Waals surface area contributed by atoms with E-state index in [1.807, 2.05) is 13.8 Å². The molecule has 0 aliphatic heterocycles. The average molecular weight is 332 g/mol. The second-order valence-corrected chi connectivity index (χ2v) is 6.14. The Morgan fingerprint density at radius 3 is 2.75 bits per heavy atom. The second-order valence-electron chi connectivity index (χ2n) is 6.14. The van der Waals surface area contributed by atoms with E-state index in [2.05, 4.69) is 5.16 Å². The van der Waals surface area contributed by atoms with E-state index in [9.17, 15) is 9.90 Å². The van der Waals surface area contributed by atoms with Crippen LogP contribution >= 0.6 is 0 Å². The van der Waals surface area contributed by atoms with E-state index in [1.165, 1.54) is 4.90 Å². The minimum atomic E-state index is -0.809. The van der Waals surface area contributed by atoms with Gasteiger partial charge in [-0.15, -0.1) is 0 Å². The molecule has 24 heavy (non-hydrogen) atoms. The van der Waals surface area contributed by atoms with E-state index in [0.29, 0.717) is 28.3 Å². The zero-order valence-corrected chi connectivity index (χ0v) is 14.7. The predicted octanol–water partition coefficient (Wildman–Crippen LogP) is 2.92. The first-order valence-electron chi connectivity index (χ1n) is 7.88. The summed E-state index contributed by atoms with van der Waals surface area (Å²) in [5, 5.41) is 14.3. The number of methoxy groups -OCH3 is 1. The zero-order valence-electron chi connectivity index (χ0n) is 14.7. The van der Waals surface area contributed by atoms with Gasteiger partial charge in [-0.05, 0) is 24.6 Å². The Morgan fingerprint density at radius 1 is 1.42 bits per heavy atom. The van der Waals surface area contributed by atoms with Crippen LogP contribution in [-0.4, -0.2) is 41.8 Å². The van der Waals surface area contributed by atoms with E-state index < -0.39 is 6.10 Å². The van der Waals surface area contributed by atoms with Crippen molar-refractivity contribution in [2.24, 2.45) is 0 Å². The lowest BCUT2D eigenvalue weighted by Crippen LogP contribution is -2.32. The van der Waals surface area contributed by atoms with Crippen LogP contribution in [0.25, 0.3) is 0 Å². The van der Waals surface area contributed by atoms with Crippen LogP contribution in [0.5, 0.6) is 5.75 Å². The molecule has 0 bridgehead atoms. The Balaban J connectivity index is 2.15. The highest BCUT2D eigenvalue weighted by Gasteiger charge is 2.26. The average Bonchev–Trinajstić information content (AvgIpc) is 2.95. The SMILES string of the molecule is COc1cccc(C(O)CN(C)C(=O)c2c(C)noc2C(C)C)c1. The fourth-order valence-corrected chi connectivity index (χ4v) is 2.53. The van der Waals surface area contributed by atoms with E-state index in [-0.39, 0.29) is 18.4 Å². The predicted molar refractivity (Wildman–Crippen MR) is 90.2 cm³/mol. The summed E-state index contributed by atoms with van der Waals surface area (Å²) in [4.78, 5) is 14.2. The molecule has 0 aliphatic carbocycles. The number of likely N-dealkylation sites (N-methyl/N-ethyl adjacent to an activating group) is 1. The van der Waals surface area contributed by atoms with Crippen LogP contribution in [0.4, 0.5) is 0 Å². The highest BCUT2D eigenvalue weighted by molar-refractivity contribution is 5.96. The molecule has 1 atom stereocenters. The minimum absolute atomic E-state index is 0.0573. The van der Waals surface area contributed by atoms with Crippen molar-refractivity contribution in [3.8, 4) is 5.75 Å². The molecule has 1 N–H and O–H groups in total. The third-order valence-electron chi connectivity index (χ3n) is 3.90. The highest BCUT2D eigenvalue weighted by atomic mass is 16.5. The number of hydrogen-bond acceptors (Lipinski definition) is 5. The number of aliphatic hydroxyl groups is 1. The first kappa shape index (κ1) is 18.0. The molecule has 0 fully saturated rings.